The van der Waals surface area contributed by atoms with Crippen molar-refractivity contribution < 1.29 is 14.7 Å². The first-order valence-electron chi connectivity index (χ1n) is 15.9. The van der Waals surface area contributed by atoms with Crippen molar-refractivity contribution in [3.8, 4) is 5.69 Å². The number of carbonyl (C=O) groups is 1. The number of fused-ring (bicyclic) bond motifs is 2. The highest BCUT2D eigenvalue weighted by Gasteiger charge is 2.25. The van der Waals surface area contributed by atoms with E-state index >= 15 is 0 Å². The fraction of sp³-hybridized carbons (Fsp3) is 0.394. The summed E-state index contributed by atoms with van der Waals surface area (Å²) < 4.78 is 9.64. The highest BCUT2D eigenvalue weighted by Crippen LogP contribution is 2.30. The van der Waals surface area contributed by atoms with Gasteiger partial charge in [0.2, 0.25) is 5.91 Å². The Labute approximate surface area is 266 Å². The summed E-state index contributed by atoms with van der Waals surface area (Å²) in [6, 6.07) is 14.8. The van der Waals surface area contributed by atoms with Crippen molar-refractivity contribution in [1.82, 2.24) is 34.6 Å². The second-order valence-corrected chi connectivity index (χ2v) is 11.4. The van der Waals surface area contributed by atoms with Gasteiger partial charge in [0.15, 0.2) is 17.0 Å². The molecule has 0 aliphatic carbocycles. The Bertz CT molecular complexity index is 1850. The van der Waals surface area contributed by atoms with Gasteiger partial charge >= 0.3 is 0 Å². The molecule has 13 nitrogen and oxygen atoms in total. The van der Waals surface area contributed by atoms with E-state index in [9.17, 15) is 9.59 Å². The third kappa shape index (κ3) is 6.56. The number of hydrogen-bond donors (Lipinski definition) is 4. The van der Waals surface area contributed by atoms with Gasteiger partial charge in [-0.25, -0.2) is 25.4 Å². The zero-order chi connectivity index (χ0) is 31.9. The second-order valence-electron chi connectivity index (χ2n) is 11.4. The molecule has 2 aromatic carbocycles. The quantitative estimate of drug-likeness (QED) is 0.0771. The standard InChI is InChI=1S/C33H39N9O4/c1-2-23(38-30-29-32(36-20-35-30)41(21-37-29)27-17-8-10-19-46-27)31-39-25-15-11-14-24(34-18-9-4-7-16-26(43)40-45)28(25)33(44)42(31)22-12-5-3-6-13-22/h3,5-6,11-15,20-21,23,27,34,45H,2,4,7-10,16-19H2,1H3,(H,40,43)(H,35,36,38). The Kier molecular flexibility index (Phi) is 9.79. The van der Waals surface area contributed by atoms with Crippen molar-refractivity contribution in [2.24, 2.45) is 0 Å². The lowest BCUT2D eigenvalue weighted by molar-refractivity contribution is -0.129. The van der Waals surface area contributed by atoms with Crippen molar-refractivity contribution in [2.75, 3.05) is 23.8 Å². The number of amides is 1. The lowest BCUT2D eigenvalue weighted by atomic mass is 10.1. The van der Waals surface area contributed by atoms with Gasteiger partial charge in [0, 0.05) is 25.3 Å². The minimum Gasteiger partial charge on any atom is -0.384 e. The Morgan fingerprint density at radius 2 is 1.93 bits per heavy atom. The minimum absolute atomic E-state index is 0.107. The molecule has 13 heteroatoms. The molecule has 6 rings (SSSR count). The summed E-state index contributed by atoms with van der Waals surface area (Å²) >= 11 is 0. The van der Waals surface area contributed by atoms with Crippen LogP contribution in [0.1, 0.15) is 76.4 Å². The molecular weight excluding hydrogens is 586 g/mol. The number of para-hydroxylation sites is 1. The third-order valence-corrected chi connectivity index (χ3v) is 8.31. The number of hydroxylamine groups is 1. The molecule has 0 spiro atoms. The topological polar surface area (TPSA) is 161 Å². The summed E-state index contributed by atoms with van der Waals surface area (Å²) in [6.45, 7) is 3.37. The molecule has 2 unspecified atom stereocenters. The lowest BCUT2D eigenvalue weighted by Gasteiger charge is -2.24. The van der Waals surface area contributed by atoms with Gasteiger partial charge in [0.05, 0.1) is 29.0 Å². The Morgan fingerprint density at radius 3 is 2.72 bits per heavy atom. The van der Waals surface area contributed by atoms with Crippen LogP contribution < -0.4 is 21.7 Å². The van der Waals surface area contributed by atoms with Crippen molar-refractivity contribution >= 4 is 39.5 Å². The van der Waals surface area contributed by atoms with E-state index in [4.69, 9.17) is 14.9 Å². The molecular formula is C33H39N9O4. The molecule has 2 atom stereocenters. The summed E-state index contributed by atoms with van der Waals surface area (Å²) in [5.41, 5.74) is 4.80. The molecule has 1 fully saturated rings. The van der Waals surface area contributed by atoms with E-state index in [1.54, 1.807) is 16.4 Å². The zero-order valence-corrected chi connectivity index (χ0v) is 25.9. The summed E-state index contributed by atoms with van der Waals surface area (Å²) in [7, 11) is 0. The van der Waals surface area contributed by atoms with Crippen LogP contribution in [0.3, 0.4) is 0 Å². The molecule has 4 heterocycles. The molecule has 1 aliphatic rings. The fourth-order valence-corrected chi connectivity index (χ4v) is 5.95. The maximum atomic E-state index is 14.4. The first-order valence-corrected chi connectivity index (χ1v) is 15.9. The number of rotatable bonds is 13. The second kappa shape index (κ2) is 14.5. The van der Waals surface area contributed by atoms with E-state index in [2.05, 4.69) is 25.6 Å². The molecule has 3 aromatic heterocycles. The fourth-order valence-electron chi connectivity index (χ4n) is 5.95. The van der Waals surface area contributed by atoms with E-state index in [-0.39, 0.29) is 24.2 Å². The summed E-state index contributed by atoms with van der Waals surface area (Å²) in [4.78, 5) is 44.5. The SMILES string of the molecule is CCC(Nc1ncnc2c1ncn2C1CCCCO1)c1nc2cccc(NCCCCCC(=O)NO)c2c(=O)n1-c1ccccc1. The number of ether oxygens (including phenoxy) is 1. The third-order valence-electron chi connectivity index (χ3n) is 8.31. The predicted molar refractivity (Wildman–Crippen MR) is 175 cm³/mol. The van der Waals surface area contributed by atoms with Crippen LogP contribution in [0.15, 0.2) is 66.0 Å². The van der Waals surface area contributed by atoms with Crippen LogP contribution in [0.2, 0.25) is 0 Å². The number of nitrogens with zero attached hydrogens (tertiary/aromatic N) is 6. The monoisotopic (exact) mass is 625 g/mol. The molecule has 46 heavy (non-hydrogen) atoms. The number of hydrogen-bond acceptors (Lipinski definition) is 10. The first-order chi connectivity index (χ1) is 22.6. The van der Waals surface area contributed by atoms with Crippen LogP contribution >= 0.6 is 0 Å². The number of unbranched alkanes of at least 4 members (excludes halogenated alkanes) is 2. The molecule has 0 saturated carbocycles. The van der Waals surface area contributed by atoms with Crippen LogP contribution in [0.4, 0.5) is 11.5 Å². The van der Waals surface area contributed by atoms with Crippen molar-refractivity contribution in [3.63, 3.8) is 0 Å². The Morgan fingerprint density at radius 1 is 1.07 bits per heavy atom. The van der Waals surface area contributed by atoms with Crippen LogP contribution in [0, 0.1) is 0 Å². The maximum Gasteiger partial charge on any atom is 0.268 e. The normalized spacial score (nSPS) is 15.6. The number of imidazole rings is 1. The molecule has 1 aliphatic heterocycles. The van der Waals surface area contributed by atoms with Gasteiger partial charge < -0.3 is 15.4 Å². The Hall–Kier alpha value is -4.88. The van der Waals surface area contributed by atoms with Gasteiger partial charge in [-0.2, -0.15) is 0 Å². The molecule has 0 radical (unpaired) electrons. The predicted octanol–water partition coefficient (Wildman–Crippen LogP) is 5.27. The maximum absolute atomic E-state index is 14.4. The van der Waals surface area contributed by atoms with Crippen molar-refractivity contribution in [3.05, 3.63) is 77.4 Å². The number of nitrogens with one attached hydrogen (secondary N) is 3. The van der Waals surface area contributed by atoms with Gasteiger partial charge in [-0.15, -0.1) is 0 Å². The van der Waals surface area contributed by atoms with E-state index in [0.29, 0.717) is 71.1 Å². The highest BCUT2D eigenvalue weighted by atomic mass is 16.5. The van der Waals surface area contributed by atoms with Gasteiger partial charge in [-0.3, -0.25) is 23.9 Å². The number of carbonyl (C=O) groups excluding carboxylic acids is 1. The van der Waals surface area contributed by atoms with E-state index < -0.39 is 5.91 Å². The van der Waals surface area contributed by atoms with Gasteiger partial charge in [0.25, 0.3) is 5.56 Å². The van der Waals surface area contributed by atoms with Crippen LogP contribution in [-0.4, -0.2) is 53.3 Å². The average molecular weight is 626 g/mol. The van der Waals surface area contributed by atoms with Crippen LogP contribution in [0.25, 0.3) is 27.8 Å². The largest absolute Gasteiger partial charge is 0.384 e. The molecule has 5 aromatic rings. The lowest BCUT2D eigenvalue weighted by Crippen LogP contribution is -2.29. The van der Waals surface area contributed by atoms with Crippen LogP contribution in [-0.2, 0) is 9.53 Å². The van der Waals surface area contributed by atoms with E-state index in [1.165, 1.54) is 6.33 Å². The minimum atomic E-state index is -0.391. The van der Waals surface area contributed by atoms with Crippen LogP contribution in [0.5, 0.6) is 0 Å². The molecule has 0 bridgehead atoms. The van der Waals surface area contributed by atoms with Gasteiger partial charge in [-0.1, -0.05) is 37.6 Å². The highest BCUT2D eigenvalue weighted by molar-refractivity contribution is 5.91. The number of benzene rings is 2. The van der Waals surface area contributed by atoms with Gasteiger partial charge in [-0.05, 0) is 62.8 Å². The average Bonchev–Trinajstić information content (AvgIpc) is 3.54. The number of aromatic nitrogens is 6. The molecule has 1 amide bonds. The smallest absolute Gasteiger partial charge is 0.268 e. The first kappa shape index (κ1) is 31.1. The van der Waals surface area contributed by atoms with Crippen molar-refractivity contribution in [1.29, 1.82) is 0 Å². The molecule has 4 N–H and O–H groups in total. The summed E-state index contributed by atoms with van der Waals surface area (Å²) in [5.74, 6) is 0.734. The van der Waals surface area contributed by atoms with Gasteiger partial charge in [0.1, 0.15) is 18.4 Å². The summed E-state index contributed by atoms with van der Waals surface area (Å²) in [5, 5.41) is 16.1. The molecule has 240 valence electrons. The Balaban J connectivity index is 1.34. The van der Waals surface area contributed by atoms with E-state index in [0.717, 1.165) is 32.1 Å². The molecule has 1 saturated heterocycles. The van der Waals surface area contributed by atoms with Crippen molar-refractivity contribution in [2.45, 2.75) is 70.6 Å². The summed E-state index contributed by atoms with van der Waals surface area (Å²) in [6.07, 6.45) is 9.36. The zero-order valence-electron chi connectivity index (χ0n) is 25.9. The number of anilines is 2. The van der Waals surface area contributed by atoms with E-state index in [1.807, 2.05) is 60.0 Å².